The fourth-order valence-electron chi connectivity index (χ4n) is 3.32. The minimum atomic E-state index is -0.156. The first kappa shape index (κ1) is 14.6. The van der Waals surface area contributed by atoms with E-state index in [1.165, 1.54) is 0 Å². The van der Waals surface area contributed by atoms with Crippen LogP contribution in [0, 0.1) is 0 Å². The maximum atomic E-state index is 12.6. The van der Waals surface area contributed by atoms with Gasteiger partial charge in [0.25, 0.3) is 5.91 Å². The van der Waals surface area contributed by atoms with Crippen LogP contribution in [0.15, 0.2) is 24.3 Å². The second-order valence-electron chi connectivity index (χ2n) is 5.95. The summed E-state index contributed by atoms with van der Waals surface area (Å²) < 4.78 is 11.0. The zero-order valence-corrected chi connectivity index (χ0v) is 12.8. The Hall–Kier alpha value is -1.96. The van der Waals surface area contributed by atoms with Crippen molar-refractivity contribution in [2.75, 3.05) is 39.5 Å². The molecule has 122 valence electrons. The molecule has 3 heterocycles. The summed E-state index contributed by atoms with van der Waals surface area (Å²) in [5.74, 6) is -0.156. The largest absolute Gasteiger partial charge is 0.379 e. The predicted molar refractivity (Wildman–Crippen MR) is 84.3 cm³/mol. The zero-order valence-electron chi connectivity index (χ0n) is 12.8. The van der Waals surface area contributed by atoms with Crippen molar-refractivity contribution in [2.24, 2.45) is 0 Å². The summed E-state index contributed by atoms with van der Waals surface area (Å²) in [6, 6.07) is 7.82. The summed E-state index contributed by atoms with van der Waals surface area (Å²) in [4.78, 5) is 14.9. The van der Waals surface area contributed by atoms with Gasteiger partial charge in [-0.3, -0.25) is 14.8 Å². The predicted octanol–water partition coefficient (Wildman–Crippen LogP) is 0.392. The topological polar surface area (TPSA) is 79.5 Å². The lowest BCUT2D eigenvalue weighted by Crippen LogP contribution is -2.54. The number of ether oxygens (including phenoxy) is 2. The number of amides is 1. The molecule has 2 aliphatic rings. The summed E-state index contributed by atoms with van der Waals surface area (Å²) in [7, 11) is 0. The highest BCUT2D eigenvalue weighted by Crippen LogP contribution is 2.18. The van der Waals surface area contributed by atoms with Crippen molar-refractivity contribution in [1.29, 1.82) is 0 Å². The average Bonchev–Trinajstić information content (AvgIpc) is 3.22. The van der Waals surface area contributed by atoms with Crippen LogP contribution in [0.1, 0.15) is 10.5 Å². The summed E-state index contributed by atoms with van der Waals surface area (Å²) in [6.07, 6.45) is 0. The molecule has 1 amide bonds. The van der Waals surface area contributed by atoms with Crippen molar-refractivity contribution in [2.45, 2.75) is 12.1 Å². The summed E-state index contributed by atoms with van der Waals surface area (Å²) in [6.45, 7) is 4.42. The van der Waals surface area contributed by atoms with Gasteiger partial charge in [0, 0.05) is 18.5 Å². The molecule has 0 unspecified atom stereocenters. The molecule has 4 rings (SSSR count). The van der Waals surface area contributed by atoms with E-state index in [0.717, 1.165) is 37.2 Å². The number of benzene rings is 1. The number of H-pyrrole nitrogens is 1. The molecule has 1 aromatic carbocycles. The van der Waals surface area contributed by atoms with Gasteiger partial charge in [0.15, 0.2) is 5.69 Å². The number of nitrogens with one attached hydrogen (secondary N) is 2. The molecular weight excluding hydrogens is 296 g/mol. The van der Waals surface area contributed by atoms with Gasteiger partial charge in [-0.25, -0.2) is 0 Å². The number of nitrogens with zero attached hydrogens (tertiary/aromatic N) is 2. The number of carbonyl (C=O) groups excluding carboxylic acids is 1. The van der Waals surface area contributed by atoms with Crippen LogP contribution in [0.2, 0.25) is 0 Å². The second-order valence-corrected chi connectivity index (χ2v) is 5.95. The van der Waals surface area contributed by atoms with Crippen LogP contribution in [-0.4, -0.2) is 72.6 Å². The normalized spacial score (nSPS) is 25.7. The zero-order chi connectivity index (χ0) is 15.6. The lowest BCUT2D eigenvalue weighted by Gasteiger charge is -2.34. The molecule has 2 aromatic rings. The second kappa shape index (κ2) is 6.27. The third kappa shape index (κ3) is 2.83. The fourth-order valence-corrected chi connectivity index (χ4v) is 3.32. The first-order valence-electron chi connectivity index (χ1n) is 7.96. The van der Waals surface area contributed by atoms with Gasteiger partial charge in [-0.1, -0.05) is 18.2 Å². The highest BCUT2D eigenvalue weighted by Gasteiger charge is 2.35. The third-order valence-corrected chi connectivity index (χ3v) is 4.57. The van der Waals surface area contributed by atoms with E-state index in [9.17, 15) is 4.79 Å². The van der Waals surface area contributed by atoms with Gasteiger partial charge < -0.3 is 14.8 Å². The van der Waals surface area contributed by atoms with Crippen LogP contribution in [0.25, 0.3) is 10.9 Å². The first-order chi connectivity index (χ1) is 11.3. The standard InChI is InChI=1S/C16H20N4O3/c21-16(15-11-3-1-2-4-12(11)18-19-15)17-13-9-23-10-14(13)20-5-7-22-8-6-20/h1-4,13-14H,5-10H2,(H,17,21)(H,18,19)/t13-,14-/m0/s1. The van der Waals surface area contributed by atoms with Gasteiger partial charge in [-0.2, -0.15) is 5.10 Å². The summed E-state index contributed by atoms with van der Waals surface area (Å²) in [5, 5.41) is 11.0. The van der Waals surface area contributed by atoms with Crippen molar-refractivity contribution in [3.63, 3.8) is 0 Å². The molecular formula is C16H20N4O3. The molecule has 2 saturated heterocycles. The van der Waals surface area contributed by atoms with Crippen LogP contribution in [0.5, 0.6) is 0 Å². The van der Waals surface area contributed by atoms with Crippen LogP contribution in [-0.2, 0) is 9.47 Å². The van der Waals surface area contributed by atoms with E-state index in [0.29, 0.717) is 18.9 Å². The van der Waals surface area contributed by atoms with Gasteiger partial charge in [0.2, 0.25) is 0 Å². The maximum Gasteiger partial charge on any atom is 0.272 e. The van der Waals surface area contributed by atoms with Crippen molar-refractivity contribution in [1.82, 2.24) is 20.4 Å². The average molecular weight is 316 g/mol. The highest BCUT2D eigenvalue weighted by molar-refractivity contribution is 6.04. The first-order valence-corrected chi connectivity index (χ1v) is 7.96. The Labute approximate surface area is 133 Å². The SMILES string of the molecule is O=C(N[C@H]1COC[C@@H]1N1CCOCC1)c1n[nH]c2ccccc12. The molecule has 0 saturated carbocycles. The molecule has 0 spiro atoms. The minimum Gasteiger partial charge on any atom is -0.379 e. The highest BCUT2D eigenvalue weighted by atomic mass is 16.5. The van der Waals surface area contributed by atoms with E-state index in [-0.39, 0.29) is 18.0 Å². The van der Waals surface area contributed by atoms with Crippen molar-refractivity contribution >= 4 is 16.8 Å². The number of hydrogen-bond acceptors (Lipinski definition) is 5. The van der Waals surface area contributed by atoms with Crippen LogP contribution < -0.4 is 5.32 Å². The van der Waals surface area contributed by atoms with E-state index in [1.807, 2.05) is 24.3 Å². The Morgan fingerprint density at radius 2 is 2.04 bits per heavy atom. The van der Waals surface area contributed by atoms with E-state index >= 15 is 0 Å². The number of para-hydroxylation sites is 1. The molecule has 2 fully saturated rings. The minimum absolute atomic E-state index is 0.0175. The van der Waals surface area contributed by atoms with Gasteiger partial charge in [0.1, 0.15) is 0 Å². The van der Waals surface area contributed by atoms with E-state index in [2.05, 4.69) is 20.4 Å². The quantitative estimate of drug-likeness (QED) is 0.856. The molecule has 7 heteroatoms. The van der Waals surface area contributed by atoms with Crippen molar-refractivity contribution in [3.05, 3.63) is 30.0 Å². The lowest BCUT2D eigenvalue weighted by molar-refractivity contribution is 0.0108. The molecule has 1 aromatic heterocycles. The number of aromatic amines is 1. The monoisotopic (exact) mass is 316 g/mol. The number of hydrogen-bond donors (Lipinski definition) is 2. The van der Waals surface area contributed by atoms with Crippen LogP contribution >= 0.6 is 0 Å². The summed E-state index contributed by atoms with van der Waals surface area (Å²) in [5.41, 5.74) is 1.30. The lowest BCUT2D eigenvalue weighted by atomic mass is 10.1. The number of carbonyl (C=O) groups is 1. The Morgan fingerprint density at radius 1 is 1.22 bits per heavy atom. The Balaban J connectivity index is 1.49. The molecule has 0 aliphatic carbocycles. The van der Waals surface area contributed by atoms with Crippen LogP contribution in [0.4, 0.5) is 0 Å². The number of rotatable bonds is 3. The van der Waals surface area contributed by atoms with Gasteiger partial charge >= 0.3 is 0 Å². The Morgan fingerprint density at radius 3 is 2.91 bits per heavy atom. The van der Waals surface area contributed by atoms with Crippen LogP contribution in [0.3, 0.4) is 0 Å². The Bertz CT molecular complexity index is 695. The van der Waals surface area contributed by atoms with Crippen molar-refractivity contribution < 1.29 is 14.3 Å². The number of aromatic nitrogens is 2. The van der Waals surface area contributed by atoms with E-state index < -0.39 is 0 Å². The number of fused-ring (bicyclic) bond motifs is 1. The van der Waals surface area contributed by atoms with Gasteiger partial charge in [0.05, 0.1) is 44.0 Å². The molecule has 0 radical (unpaired) electrons. The van der Waals surface area contributed by atoms with Gasteiger partial charge in [-0.15, -0.1) is 0 Å². The van der Waals surface area contributed by atoms with E-state index in [4.69, 9.17) is 9.47 Å². The molecule has 23 heavy (non-hydrogen) atoms. The summed E-state index contributed by atoms with van der Waals surface area (Å²) >= 11 is 0. The fraction of sp³-hybridized carbons (Fsp3) is 0.500. The van der Waals surface area contributed by atoms with Crippen molar-refractivity contribution in [3.8, 4) is 0 Å². The third-order valence-electron chi connectivity index (χ3n) is 4.57. The molecule has 7 nitrogen and oxygen atoms in total. The molecule has 2 N–H and O–H groups in total. The van der Waals surface area contributed by atoms with E-state index in [1.54, 1.807) is 0 Å². The molecule has 2 atom stereocenters. The Kier molecular flexibility index (Phi) is 3.99. The molecule has 2 aliphatic heterocycles. The van der Waals surface area contributed by atoms with Gasteiger partial charge in [-0.05, 0) is 6.07 Å². The molecule has 0 bridgehead atoms. The maximum absolute atomic E-state index is 12.6. The number of morpholine rings is 1. The smallest absolute Gasteiger partial charge is 0.272 e.